The number of ketones is 1. The van der Waals surface area contributed by atoms with Crippen LogP contribution in [0.1, 0.15) is 15.9 Å². The van der Waals surface area contributed by atoms with Gasteiger partial charge in [0.1, 0.15) is 17.1 Å². The first-order chi connectivity index (χ1) is 9.17. The lowest BCUT2D eigenvalue weighted by atomic mass is 10.0. The highest BCUT2D eigenvalue weighted by atomic mass is 79.9. The van der Waals surface area contributed by atoms with Gasteiger partial charge in [0.25, 0.3) is 0 Å². The zero-order valence-corrected chi connectivity index (χ0v) is 12.1. The van der Waals surface area contributed by atoms with Crippen LogP contribution >= 0.6 is 15.9 Å². The molecule has 0 aliphatic rings. The van der Waals surface area contributed by atoms with E-state index in [9.17, 15) is 4.79 Å². The number of hydrogen-bond donors (Lipinski definition) is 0. The number of carbonyl (C=O) groups excluding carboxylic acids is 1. The maximum absolute atomic E-state index is 12.5. The topological polar surface area (TPSA) is 48.4 Å². The number of rotatable bonds is 4. The molecule has 0 aliphatic carbocycles. The summed E-state index contributed by atoms with van der Waals surface area (Å²) in [6, 6.07) is 6.93. The van der Waals surface area contributed by atoms with Gasteiger partial charge in [-0.1, -0.05) is 6.07 Å². The van der Waals surface area contributed by atoms with Crippen molar-refractivity contribution in [1.82, 2.24) is 4.98 Å². The maximum atomic E-state index is 12.5. The van der Waals surface area contributed by atoms with Gasteiger partial charge in [-0.2, -0.15) is 0 Å². The molecule has 0 spiro atoms. The highest BCUT2D eigenvalue weighted by Gasteiger charge is 2.20. The first-order valence-electron chi connectivity index (χ1n) is 5.53. The molecular weight excluding hydrogens is 310 g/mol. The molecule has 0 aliphatic heterocycles. The van der Waals surface area contributed by atoms with Crippen molar-refractivity contribution in [1.29, 1.82) is 0 Å². The molecule has 0 bridgehead atoms. The quantitative estimate of drug-likeness (QED) is 0.812. The van der Waals surface area contributed by atoms with Crippen LogP contribution in [0.15, 0.2) is 41.1 Å². The van der Waals surface area contributed by atoms with E-state index in [0.29, 0.717) is 22.6 Å². The Morgan fingerprint density at radius 1 is 1.16 bits per heavy atom. The van der Waals surface area contributed by atoms with Gasteiger partial charge in [0, 0.05) is 22.4 Å². The lowest BCUT2D eigenvalue weighted by Gasteiger charge is -2.11. The summed E-state index contributed by atoms with van der Waals surface area (Å²) < 4.78 is 11.2. The normalized spacial score (nSPS) is 10.1. The molecule has 0 atom stereocenters. The minimum Gasteiger partial charge on any atom is -0.496 e. The van der Waals surface area contributed by atoms with Gasteiger partial charge in [-0.25, -0.2) is 0 Å². The fraction of sp³-hybridized carbons (Fsp3) is 0.143. The zero-order valence-electron chi connectivity index (χ0n) is 10.5. The molecule has 2 rings (SSSR count). The van der Waals surface area contributed by atoms with Crippen LogP contribution in [0.2, 0.25) is 0 Å². The smallest absolute Gasteiger partial charge is 0.202 e. The summed E-state index contributed by atoms with van der Waals surface area (Å²) in [7, 11) is 3.04. The van der Waals surface area contributed by atoms with Crippen LogP contribution in [0.3, 0.4) is 0 Å². The van der Waals surface area contributed by atoms with Crippen LogP contribution in [0.4, 0.5) is 0 Å². The van der Waals surface area contributed by atoms with E-state index in [1.54, 1.807) is 30.5 Å². The molecule has 1 aromatic carbocycles. The van der Waals surface area contributed by atoms with Crippen molar-refractivity contribution in [3.63, 3.8) is 0 Å². The zero-order chi connectivity index (χ0) is 13.8. The van der Waals surface area contributed by atoms with Crippen molar-refractivity contribution < 1.29 is 14.3 Å². The average molecular weight is 322 g/mol. The third kappa shape index (κ3) is 2.76. The van der Waals surface area contributed by atoms with Crippen molar-refractivity contribution >= 4 is 21.7 Å². The second-order valence-electron chi connectivity index (χ2n) is 3.76. The summed E-state index contributed by atoms with van der Waals surface area (Å²) in [4.78, 5) is 16.5. The van der Waals surface area contributed by atoms with E-state index in [0.717, 1.165) is 4.47 Å². The van der Waals surface area contributed by atoms with Gasteiger partial charge >= 0.3 is 0 Å². The van der Waals surface area contributed by atoms with Crippen molar-refractivity contribution in [3.8, 4) is 11.5 Å². The summed E-state index contributed by atoms with van der Waals surface area (Å²) in [5.41, 5.74) is 0.865. The Bertz CT molecular complexity index is 591. The molecule has 4 nitrogen and oxygen atoms in total. The maximum Gasteiger partial charge on any atom is 0.202 e. The van der Waals surface area contributed by atoms with Gasteiger partial charge < -0.3 is 9.47 Å². The number of methoxy groups -OCH3 is 2. The molecule has 5 heteroatoms. The Kier molecular flexibility index (Phi) is 4.16. The first-order valence-corrected chi connectivity index (χ1v) is 6.33. The molecule has 0 fully saturated rings. The SMILES string of the molecule is COc1cccc(OC)c1C(=O)c1cncc(Br)c1. The van der Waals surface area contributed by atoms with Crippen LogP contribution in [0, 0.1) is 0 Å². The van der Waals surface area contributed by atoms with Crippen LogP contribution in [0.25, 0.3) is 0 Å². The molecule has 0 unspecified atom stereocenters. The number of nitrogens with zero attached hydrogens (tertiary/aromatic N) is 1. The number of ether oxygens (including phenoxy) is 2. The highest BCUT2D eigenvalue weighted by Crippen LogP contribution is 2.30. The number of hydrogen-bond acceptors (Lipinski definition) is 4. The number of benzene rings is 1. The Balaban J connectivity index is 2.55. The van der Waals surface area contributed by atoms with Crippen molar-refractivity contribution in [3.05, 3.63) is 52.3 Å². The van der Waals surface area contributed by atoms with Gasteiger partial charge in [-0.05, 0) is 34.1 Å². The number of halogens is 1. The Hall–Kier alpha value is -1.88. The van der Waals surface area contributed by atoms with Crippen LogP contribution < -0.4 is 9.47 Å². The second-order valence-corrected chi connectivity index (χ2v) is 4.67. The summed E-state index contributed by atoms with van der Waals surface area (Å²) in [6.07, 6.45) is 3.13. The summed E-state index contributed by atoms with van der Waals surface area (Å²) in [5, 5.41) is 0. The lowest BCUT2D eigenvalue weighted by Crippen LogP contribution is -2.07. The highest BCUT2D eigenvalue weighted by molar-refractivity contribution is 9.10. The molecule has 1 heterocycles. The number of aromatic nitrogens is 1. The van der Waals surface area contributed by atoms with E-state index in [1.807, 2.05) is 0 Å². The minimum absolute atomic E-state index is 0.192. The van der Waals surface area contributed by atoms with E-state index in [4.69, 9.17) is 9.47 Å². The van der Waals surface area contributed by atoms with Gasteiger partial charge in [0.05, 0.1) is 14.2 Å². The predicted octanol–water partition coefficient (Wildman–Crippen LogP) is 3.09. The third-order valence-electron chi connectivity index (χ3n) is 2.62. The van der Waals surface area contributed by atoms with Gasteiger partial charge in [0.2, 0.25) is 5.78 Å². The second kappa shape index (κ2) is 5.84. The molecule has 0 amide bonds. The largest absolute Gasteiger partial charge is 0.496 e. The lowest BCUT2D eigenvalue weighted by molar-refractivity contribution is 0.103. The molecule has 1 aromatic heterocycles. The van der Waals surface area contributed by atoms with E-state index in [-0.39, 0.29) is 5.78 Å². The fourth-order valence-corrected chi connectivity index (χ4v) is 2.12. The van der Waals surface area contributed by atoms with Crippen molar-refractivity contribution in [2.24, 2.45) is 0 Å². The molecule has 0 saturated carbocycles. The summed E-state index contributed by atoms with van der Waals surface area (Å²) in [5.74, 6) is 0.761. The third-order valence-corrected chi connectivity index (χ3v) is 3.06. The van der Waals surface area contributed by atoms with Crippen LogP contribution in [0.5, 0.6) is 11.5 Å². The minimum atomic E-state index is -0.192. The van der Waals surface area contributed by atoms with E-state index < -0.39 is 0 Å². The Labute approximate surface area is 119 Å². The van der Waals surface area contributed by atoms with Crippen LogP contribution in [-0.2, 0) is 0 Å². The van der Waals surface area contributed by atoms with Gasteiger partial charge in [0.15, 0.2) is 0 Å². The number of pyridine rings is 1. The number of carbonyl (C=O) groups is 1. The summed E-state index contributed by atoms with van der Waals surface area (Å²) >= 11 is 3.30. The van der Waals surface area contributed by atoms with Gasteiger partial charge in [-0.3, -0.25) is 9.78 Å². The molecule has 0 radical (unpaired) electrons. The standard InChI is InChI=1S/C14H12BrNO3/c1-18-11-4-3-5-12(19-2)13(11)14(17)9-6-10(15)8-16-7-9/h3-8H,1-2H3. The molecule has 2 aromatic rings. The summed E-state index contributed by atoms with van der Waals surface area (Å²) in [6.45, 7) is 0. The molecule has 0 saturated heterocycles. The van der Waals surface area contributed by atoms with E-state index in [1.165, 1.54) is 20.4 Å². The molecule has 0 N–H and O–H groups in total. The van der Waals surface area contributed by atoms with Crippen LogP contribution in [-0.4, -0.2) is 25.0 Å². The first kappa shape index (κ1) is 13.5. The molecular formula is C14H12BrNO3. The van der Waals surface area contributed by atoms with E-state index >= 15 is 0 Å². The monoisotopic (exact) mass is 321 g/mol. The predicted molar refractivity (Wildman–Crippen MR) is 74.9 cm³/mol. The average Bonchev–Trinajstić information content (AvgIpc) is 2.45. The Morgan fingerprint density at radius 2 is 1.79 bits per heavy atom. The van der Waals surface area contributed by atoms with E-state index in [2.05, 4.69) is 20.9 Å². The van der Waals surface area contributed by atoms with Crippen molar-refractivity contribution in [2.45, 2.75) is 0 Å². The molecule has 98 valence electrons. The Morgan fingerprint density at radius 3 is 2.32 bits per heavy atom. The fourth-order valence-electron chi connectivity index (χ4n) is 1.76. The van der Waals surface area contributed by atoms with Crippen molar-refractivity contribution in [2.75, 3.05) is 14.2 Å². The molecule has 19 heavy (non-hydrogen) atoms. The van der Waals surface area contributed by atoms with Gasteiger partial charge in [-0.15, -0.1) is 0 Å².